The molecule has 1 heterocycles. The number of fused-ring (bicyclic) bond motifs is 1. The Hall–Kier alpha value is -0.290. The third-order valence-electron chi connectivity index (χ3n) is 1.51. The summed E-state index contributed by atoms with van der Waals surface area (Å²) < 4.78 is 10.9. The molecule has 1 aromatic heterocycles. The van der Waals surface area contributed by atoms with Crippen LogP contribution in [0.3, 0.4) is 0 Å². The van der Waals surface area contributed by atoms with Crippen molar-refractivity contribution in [3.8, 4) is 0 Å². The van der Waals surface area contributed by atoms with Crippen LogP contribution in [0, 0.1) is 4.77 Å². The van der Waals surface area contributed by atoms with E-state index in [0.717, 1.165) is 11.0 Å². The van der Waals surface area contributed by atoms with Crippen LogP contribution in [0.4, 0.5) is 0 Å². The number of hydrogen-bond acceptors (Lipinski definition) is 1. The molecule has 0 saturated carbocycles. The molecule has 1 radical (unpaired) electrons. The normalized spacial score (nSPS) is 9.33. The van der Waals surface area contributed by atoms with Crippen molar-refractivity contribution in [2.24, 2.45) is 0 Å². The van der Waals surface area contributed by atoms with Crippen LogP contribution in [-0.4, -0.2) is 43.7 Å². The maximum Gasteiger partial charge on any atom is 0.205 e. The second kappa shape index (κ2) is 4.09. The minimum atomic E-state index is 0. The molecule has 0 saturated heterocycles. The number of rotatable bonds is 0. The van der Waals surface area contributed by atoms with Crippen molar-refractivity contribution in [1.29, 1.82) is 0 Å². The van der Waals surface area contributed by atoms with Gasteiger partial charge in [-0.25, -0.2) is 4.21 Å². The molecule has 2 aromatic rings. The van der Waals surface area contributed by atoms with E-state index in [4.69, 9.17) is 0 Å². The molecule has 0 unspecified atom stereocenters. The number of nitrogens with one attached hydrogen (secondary N) is 2. The molecule has 12 heavy (non-hydrogen) atoms. The number of aromatic amines is 2. The summed E-state index contributed by atoms with van der Waals surface area (Å²) in [4.78, 5) is 5.88. The van der Waals surface area contributed by atoms with Crippen LogP contribution in [-0.2, 0) is 11.3 Å². The Labute approximate surface area is 94.6 Å². The molecule has 2 N–H and O–H groups in total. The van der Waals surface area contributed by atoms with Gasteiger partial charge >= 0.3 is 0 Å². The van der Waals surface area contributed by atoms with Crippen molar-refractivity contribution >= 4 is 51.8 Å². The van der Waals surface area contributed by atoms with Gasteiger partial charge in [0.1, 0.15) is 11.3 Å². The van der Waals surface area contributed by atoms with E-state index in [1.165, 1.54) is 0 Å². The number of aromatic nitrogens is 2. The van der Waals surface area contributed by atoms with Crippen molar-refractivity contribution < 1.29 is 4.21 Å². The third kappa shape index (κ3) is 1.72. The summed E-state index contributed by atoms with van der Waals surface area (Å²) in [7, 11) is 0. The van der Waals surface area contributed by atoms with Crippen LogP contribution in [0.15, 0.2) is 24.3 Å². The minimum Gasteiger partial charge on any atom is -0.329 e. The summed E-state index contributed by atoms with van der Waals surface area (Å²) in [5.74, 6) is 0. The first kappa shape index (κ1) is 9.80. The van der Waals surface area contributed by atoms with E-state index in [1.807, 2.05) is 24.3 Å². The van der Waals surface area contributed by atoms with Crippen molar-refractivity contribution in [2.75, 3.05) is 0 Å². The summed E-state index contributed by atoms with van der Waals surface area (Å²) in [6, 6.07) is 7.69. The van der Waals surface area contributed by atoms with E-state index in [1.54, 1.807) is 0 Å². The van der Waals surface area contributed by atoms with E-state index in [-0.39, 0.29) is 29.6 Å². The maximum atomic E-state index is 10.4. The molecule has 3 nitrogen and oxygen atoms in total. The molecule has 0 amide bonds. The van der Waals surface area contributed by atoms with Crippen LogP contribution in [0.25, 0.3) is 11.0 Å². The molecule has 0 atom stereocenters. The Bertz CT molecular complexity index is 433. The average Bonchev–Trinajstić information content (AvgIpc) is 2.46. The molecule has 57 valence electrons. The van der Waals surface area contributed by atoms with Crippen LogP contribution in [0.5, 0.6) is 0 Å². The number of para-hydroxylation sites is 2. The monoisotopic (exact) mass is 189 g/mol. The smallest absolute Gasteiger partial charge is 0.205 e. The van der Waals surface area contributed by atoms with E-state index < -0.39 is 0 Å². The van der Waals surface area contributed by atoms with Gasteiger partial charge in [0, 0.05) is 29.6 Å². The molecule has 5 heteroatoms. The first-order valence-corrected chi connectivity index (χ1v) is 3.94. The Kier molecular flexibility index (Phi) is 3.34. The third-order valence-corrected chi connectivity index (χ3v) is 1.88. The van der Waals surface area contributed by atoms with Crippen molar-refractivity contribution in [1.82, 2.24) is 9.97 Å². The molecule has 2 rings (SSSR count). The summed E-state index contributed by atoms with van der Waals surface area (Å²) >= 11 is 0.433. The van der Waals surface area contributed by atoms with Gasteiger partial charge in [-0.3, -0.25) is 0 Å². The van der Waals surface area contributed by atoms with Crippen molar-refractivity contribution in [3.63, 3.8) is 0 Å². The van der Waals surface area contributed by atoms with Gasteiger partial charge in [0.15, 0.2) is 0 Å². The Morgan fingerprint density at radius 3 is 2.00 bits per heavy atom. The van der Waals surface area contributed by atoms with Gasteiger partial charge in [-0.1, -0.05) is 12.1 Å². The van der Waals surface area contributed by atoms with E-state index in [0.29, 0.717) is 16.0 Å². The summed E-state index contributed by atoms with van der Waals surface area (Å²) in [6.45, 7) is 0. The molecule has 0 aliphatic rings. The standard InChI is InChI=1S/C7H6N2OS.Na/c10-11-7-8-5-3-1-2-4-6(5)9-7;/h1-4,8-9H;. The van der Waals surface area contributed by atoms with Gasteiger partial charge in [-0.2, -0.15) is 0 Å². The van der Waals surface area contributed by atoms with Gasteiger partial charge in [-0.15, -0.1) is 0 Å². The number of H-pyrrole nitrogens is 2. The average molecular weight is 189 g/mol. The zero-order chi connectivity index (χ0) is 7.68. The fourth-order valence-electron chi connectivity index (χ4n) is 1.02. The quantitative estimate of drug-likeness (QED) is 0.468. The van der Waals surface area contributed by atoms with Gasteiger partial charge in [0.2, 0.25) is 4.77 Å². The molecule has 0 bridgehead atoms. The zero-order valence-electron chi connectivity index (χ0n) is 6.63. The number of hydrogen-bond donors (Lipinski definition) is 2. The zero-order valence-corrected chi connectivity index (χ0v) is 9.44. The van der Waals surface area contributed by atoms with E-state index in [9.17, 15) is 4.21 Å². The van der Waals surface area contributed by atoms with Gasteiger partial charge in [0.05, 0.1) is 11.0 Å². The summed E-state index contributed by atoms with van der Waals surface area (Å²) in [5, 5.41) is 0. The van der Waals surface area contributed by atoms with Crippen LogP contribution >= 0.6 is 0 Å². The number of benzene rings is 1. The van der Waals surface area contributed by atoms with E-state index in [2.05, 4.69) is 9.97 Å². The van der Waals surface area contributed by atoms with Crippen molar-refractivity contribution in [3.05, 3.63) is 29.0 Å². The second-order valence-corrected chi connectivity index (χ2v) is 2.78. The molecule has 1 aromatic carbocycles. The van der Waals surface area contributed by atoms with Gasteiger partial charge in [-0.05, 0) is 12.1 Å². The van der Waals surface area contributed by atoms with Crippen LogP contribution in [0.2, 0.25) is 0 Å². The minimum absolute atomic E-state index is 0. The molecular weight excluding hydrogens is 183 g/mol. The largest absolute Gasteiger partial charge is 0.329 e. The SMILES string of the molecule is O=S=c1[nH]c2ccccc2[nH]1.[Na]. The molecule has 0 aliphatic carbocycles. The fraction of sp³-hybridized carbons (Fsp3) is 0. The Morgan fingerprint density at radius 2 is 1.58 bits per heavy atom. The first-order valence-electron chi connectivity index (χ1n) is 3.20. The topological polar surface area (TPSA) is 48.6 Å². The Morgan fingerprint density at radius 1 is 1.08 bits per heavy atom. The fourth-order valence-corrected chi connectivity index (χ4v) is 1.32. The molecular formula is C7H6N2NaOS. The summed E-state index contributed by atoms with van der Waals surface area (Å²) in [6.07, 6.45) is 0. The second-order valence-electron chi connectivity index (χ2n) is 2.21. The van der Waals surface area contributed by atoms with Crippen molar-refractivity contribution in [2.45, 2.75) is 0 Å². The molecule has 0 aliphatic heterocycles. The van der Waals surface area contributed by atoms with Crippen LogP contribution in [0.1, 0.15) is 0 Å². The van der Waals surface area contributed by atoms with Crippen LogP contribution < -0.4 is 0 Å². The van der Waals surface area contributed by atoms with E-state index >= 15 is 0 Å². The van der Waals surface area contributed by atoms with Gasteiger partial charge < -0.3 is 9.97 Å². The number of imidazole rings is 1. The first-order chi connectivity index (χ1) is 5.40. The molecule has 0 fully saturated rings. The predicted octanol–water partition coefficient (Wildman–Crippen LogP) is 0.860. The van der Waals surface area contributed by atoms with Gasteiger partial charge in [0.25, 0.3) is 0 Å². The Balaban J connectivity index is 0.000000720. The maximum absolute atomic E-state index is 10.4. The summed E-state index contributed by atoms with van der Waals surface area (Å²) in [5.41, 5.74) is 1.93. The molecule has 0 spiro atoms. The predicted molar refractivity (Wildman–Crippen MR) is 49.8 cm³/mol.